The number of phenolic OH excluding ortho intramolecular Hbond substituents is 1. The quantitative estimate of drug-likeness (QED) is 0.771. The Hall–Kier alpha value is -1.22. The number of aryl methyl sites for hydroxylation is 1. The zero-order valence-electron chi connectivity index (χ0n) is 8.79. The fourth-order valence-corrected chi connectivity index (χ4v) is 1.51. The summed E-state index contributed by atoms with van der Waals surface area (Å²) in [6, 6.07) is 1.80. The predicted molar refractivity (Wildman–Crippen MR) is 54.9 cm³/mol. The smallest absolute Gasteiger partial charge is 0.161 e. The van der Waals surface area contributed by atoms with Gasteiger partial charge < -0.3 is 14.9 Å². The van der Waals surface area contributed by atoms with Crippen LogP contribution < -0.4 is 4.74 Å². The summed E-state index contributed by atoms with van der Waals surface area (Å²) in [7, 11) is 1.52. The predicted octanol–water partition coefficient (Wildman–Crippen LogP) is 1.55. The highest BCUT2D eigenvalue weighted by atomic mass is 16.5. The number of hydrogen-bond acceptors (Lipinski definition) is 3. The Bertz CT molecular complexity index is 332. The summed E-state index contributed by atoms with van der Waals surface area (Å²) < 4.78 is 5.04. The van der Waals surface area contributed by atoms with Crippen molar-refractivity contribution in [1.82, 2.24) is 0 Å². The lowest BCUT2D eigenvalue weighted by molar-refractivity contribution is 0.295. The second-order valence-corrected chi connectivity index (χ2v) is 3.32. The van der Waals surface area contributed by atoms with Gasteiger partial charge in [0.2, 0.25) is 0 Å². The van der Waals surface area contributed by atoms with Crippen LogP contribution in [0.2, 0.25) is 0 Å². The van der Waals surface area contributed by atoms with Crippen molar-refractivity contribution in [3.05, 3.63) is 22.8 Å². The van der Waals surface area contributed by atoms with E-state index in [1.807, 2.05) is 13.8 Å². The molecule has 3 nitrogen and oxygen atoms in total. The summed E-state index contributed by atoms with van der Waals surface area (Å²) in [5.41, 5.74) is 2.84. The topological polar surface area (TPSA) is 49.7 Å². The van der Waals surface area contributed by atoms with Gasteiger partial charge in [0.25, 0.3) is 0 Å². The monoisotopic (exact) mass is 196 g/mol. The number of ether oxygens (including phenoxy) is 1. The Morgan fingerprint density at radius 2 is 2.00 bits per heavy atom. The van der Waals surface area contributed by atoms with Gasteiger partial charge in [-0.05, 0) is 37.5 Å². The second-order valence-electron chi connectivity index (χ2n) is 3.32. The molecule has 0 aliphatic heterocycles. The van der Waals surface area contributed by atoms with Crippen molar-refractivity contribution in [3.63, 3.8) is 0 Å². The maximum atomic E-state index is 9.79. The van der Waals surface area contributed by atoms with Crippen molar-refractivity contribution in [2.75, 3.05) is 13.7 Å². The van der Waals surface area contributed by atoms with E-state index in [2.05, 4.69) is 0 Å². The minimum absolute atomic E-state index is 0.0288. The maximum Gasteiger partial charge on any atom is 0.161 e. The third kappa shape index (κ3) is 1.82. The Labute approximate surface area is 84.0 Å². The lowest BCUT2D eigenvalue weighted by Crippen LogP contribution is -1.99. The van der Waals surface area contributed by atoms with Gasteiger partial charge in [-0.15, -0.1) is 0 Å². The van der Waals surface area contributed by atoms with E-state index < -0.39 is 0 Å². The summed E-state index contributed by atoms with van der Waals surface area (Å²) in [5.74, 6) is 0.612. The van der Waals surface area contributed by atoms with Crippen molar-refractivity contribution in [3.8, 4) is 11.5 Å². The van der Waals surface area contributed by atoms with Crippen molar-refractivity contribution in [2.24, 2.45) is 0 Å². The molecule has 0 saturated carbocycles. The van der Waals surface area contributed by atoms with Crippen LogP contribution in [0.3, 0.4) is 0 Å². The zero-order valence-corrected chi connectivity index (χ0v) is 8.79. The van der Waals surface area contributed by atoms with Gasteiger partial charge >= 0.3 is 0 Å². The van der Waals surface area contributed by atoms with E-state index in [-0.39, 0.29) is 12.4 Å². The lowest BCUT2D eigenvalue weighted by atomic mass is 9.99. The van der Waals surface area contributed by atoms with Gasteiger partial charge in [-0.25, -0.2) is 0 Å². The van der Waals surface area contributed by atoms with Gasteiger partial charge in [-0.2, -0.15) is 0 Å². The number of methoxy groups -OCH3 is 1. The largest absolute Gasteiger partial charge is 0.504 e. The number of benzene rings is 1. The van der Waals surface area contributed by atoms with Gasteiger partial charge in [-0.1, -0.05) is 0 Å². The number of aromatic hydroxyl groups is 1. The summed E-state index contributed by atoms with van der Waals surface area (Å²) in [5, 5.41) is 18.7. The Balaban J connectivity index is 3.29. The van der Waals surface area contributed by atoms with E-state index in [4.69, 9.17) is 9.84 Å². The molecule has 3 heteroatoms. The van der Waals surface area contributed by atoms with E-state index in [9.17, 15) is 5.11 Å². The van der Waals surface area contributed by atoms with E-state index in [1.165, 1.54) is 7.11 Å². The van der Waals surface area contributed by atoms with Crippen LogP contribution in [-0.4, -0.2) is 23.9 Å². The van der Waals surface area contributed by atoms with Crippen LogP contribution in [0.15, 0.2) is 6.07 Å². The van der Waals surface area contributed by atoms with Crippen LogP contribution in [-0.2, 0) is 6.42 Å². The molecule has 1 aromatic rings. The summed E-state index contributed by atoms with van der Waals surface area (Å²) in [4.78, 5) is 0. The molecule has 2 N–H and O–H groups in total. The first-order chi connectivity index (χ1) is 6.61. The van der Waals surface area contributed by atoms with E-state index >= 15 is 0 Å². The molecular weight excluding hydrogens is 180 g/mol. The van der Waals surface area contributed by atoms with E-state index in [0.717, 1.165) is 16.7 Å². The summed E-state index contributed by atoms with van der Waals surface area (Å²) in [6.07, 6.45) is 0.454. The number of hydrogen-bond donors (Lipinski definition) is 2. The van der Waals surface area contributed by atoms with Crippen molar-refractivity contribution in [1.29, 1.82) is 0 Å². The number of rotatable bonds is 3. The second kappa shape index (κ2) is 4.33. The van der Waals surface area contributed by atoms with Crippen molar-refractivity contribution >= 4 is 0 Å². The first-order valence-electron chi connectivity index (χ1n) is 4.58. The van der Waals surface area contributed by atoms with Crippen LogP contribution in [0, 0.1) is 13.8 Å². The maximum absolute atomic E-state index is 9.79. The van der Waals surface area contributed by atoms with Crippen molar-refractivity contribution < 1.29 is 14.9 Å². The molecule has 0 bridgehead atoms. The van der Waals surface area contributed by atoms with Gasteiger partial charge in [-0.3, -0.25) is 0 Å². The third-order valence-corrected chi connectivity index (χ3v) is 2.49. The van der Waals surface area contributed by atoms with E-state index in [0.29, 0.717) is 12.2 Å². The molecule has 0 fully saturated rings. The van der Waals surface area contributed by atoms with Gasteiger partial charge in [0.15, 0.2) is 11.5 Å². The van der Waals surface area contributed by atoms with Crippen LogP contribution in [0.1, 0.15) is 16.7 Å². The first-order valence-corrected chi connectivity index (χ1v) is 4.58. The third-order valence-electron chi connectivity index (χ3n) is 2.49. The zero-order chi connectivity index (χ0) is 10.7. The Kier molecular flexibility index (Phi) is 3.36. The molecule has 0 unspecified atom stereocenters. The van der Waals surface area contributed by atoms with Gasteiger partial charge in [0, 0.05) is 12.2 Å². The van der Waals surface area contributed by atoms with Crippen LogP contribution in [0.25, 0.3) is 0 Å². The highest BCUT2D eigenvalue weighted by Gasteiger charge is 2.12. The molecule has 14 heavy (non-hydrogen) atoms. The standard InChI is InChI=1S/C11H16O3/c1-7-6-10(14-3)11(13)9(4-5-12)8(7)2/h6,12-13H,4-5H2,1-3H3. The lowest BCUT2D eigenvalue weighted by Gasteiger charge is -2.13. The molecule has 78 valence electrons. The molecule has 0 spiro atoms. The molecule has 1 aromatic carbocycles. The fourth-order valence-electron chi connectivity index (χ4n) is 1.51. The van der Waals surface area contributed by atoms with Gasteiger partial charge in [0.1, 0.15) is 0 Å². The molecule has 0 heterocycles. The highest BCUT2D eigenvalue weighted by molar-refractivity contribution is 5.52. The Morgan fingerprint density at radius 3 is 2.50 bits per heavy atom. The van der Waals surface area contributed by atoms with Crippen LogP contribution >= 0.6 is 0 Å². The van der Waals surface area contributed by atoms with E-state index in [1.54, 1.807) is 6.07 Å². The first kappa shape index (κ1) is 10.9. The normalized spacial score (nSPS) is 10.3. The molecule has 0 saturated heterocycles. The van der Waals surface area contributed by atoms with Crippen molar-refractivity contribution in [2.45, 2.75) is 20.3 Å². The van der Waals surface area contributed by atoms with Crippen LogP contribution in [0.5, 0.6) is 11.5 Å². The summed E-state index contributed by atoms with van der Waals surface area (Å²) >= 11 is 0. The minimum atomic E-state index is 0.0288. The number of aliphatic hydroxyl groups excluding tert-OH is 1. The number of phenols is 1. The molecule has 0 radical (unpaired) electrons. The number of aliphatic hydroxyl groups is 1. The SMILES string of the molecule is COc1cc(C)c(C)c(CCO)c1O. The molecule has 0 atom stereocenters. The molecular formula is C11H16O3. The molecule has 0 aliphatic carbocycles. The minimum Gasteiger partial charge on any atom is -0.504 e. The molecule has 1 rings (SSSR count). The molecule has 0 aliphatic rings. The fraction of sp³-hybridized carbons (Fsp3) is 0.455. The average Bonchev–Trinajstić information content (AvgIpc) is 2.18. The summed E-state index contributed by atoms with van der Waals surface area (Å²) in [6.45, 7) is 3.92. The average molecular weight is 196 g/mol. The molecule has 0 aromatic heterocycles. The van der Waals surface area contributed by atoms with Gasteiger partial charge in [0.05, 0.1) is 7.11 Å². The van der Waals surface area contributed by atoms with Crippen LogP contribution in [0.4, 0.5) is 0 Å². The highest BCUT2D eigenvalue weighted by Crippen LogP contribution is 2.34. The Morgan fingerprint density at radius 1 is 1.36 bits per heavy atom. The molecule has 0 amide bonds.